The van der Waals surface area contributed by atoms with Crippen LogP contribution in [0.1, 0.15) is 26.3 Å². The molecule has 1 saturated heterocycles. The van der Waals surface area contributed by atoms with Gasteiger partial charge in [0.15, 0.2) is 0 Å². The fourth-order valence-corrected chi connectivity index (χ4v) is 2.25. The minimum absolute atomic E-state index is 0.127. The summed E-state index contributed by atoms with van der Waals surface area (Å²) in [7, 11) is 0. The molecule has 0 saturated carbocycles. The van der Waals surface area contributed by atoms with Crippen LogP contribution < -0.4 is 10.2 Å². The molecule has 0 bridgehead atoms. The molecule has 0 aliphatic carbocycles. The first kappa shape index (κ1) is 15.1. The Kier molecular flexibility index (Phi) is 4.52. The molecule has 0 atom stereocenters. The number of pyridine rings is 1. The van der Waals surface area contributed by atoms with Gasteiger partial charge in [0, 0.05) is 24.6 Å². The molecule has 1 amide bonds. The van der Waals surface area contributed by atoms with Crippen molar-refractivity contribution < 1.29 is 9.53 Å². The lowest BCUT2D eigenvalue weighted by molar-refractivity contribution is 0.0496. The summed E-state index contributed by atoms with van der Waals surface area (Å²) in [6, 6.07) is 4.17. The monoisotopic (exact) mass is 341 g/mol. The number of carbonyl (C=O) groups excluding carboxylic acids is 1. The SMILES string of the molecule is CC(C)(C)OC(=O)NC1CN(c2ccc(CBr)cn2)C1. The van der Waals surface area contributed by atoms with Crippen molar-refractivity contribution in [2.75, 3.05) is 18.0 Å². The van der Waals surface area contributed by atoms with Gasteiger partial charge in [-0.05, 0) is 32.4 Å². The van der Waals surface area contributed by atoms with E-state index >= 15 is 0 Å². The molecule has 1 aromatic heterocycles. The van der Waals surface area contributed by atoms with Crippen molar-refractivity contribution in [3.63, 3.8) is 0 Å². The van der Waals surface area contributed by atoms with Crippen molar-refractivity contribution >= 4 is 27.8 Å². The van der Waals surface area contributed by atoms with Crippen molar-refractivity contribution in [2.24, 2.45) is 0 Å². The lowest BCUT2D eigenvalue weighted by atomic mass is 10.1. The van der Waals surface area contributed by atoms with E-state index in [1.54, 1.807) is 0 Å². The number of rotatable bonds is 3. The van der Waals surface area contributed by atoms with Gasteiger partial charge in [0.2, 0.25) is 0 Å². The predicted molar refractivity (Wildman–Crippen MR) is 82.2 cm³/mol. The third-order valence-electron chi connectivity index (χ3n) is 2.89. The van der Waals surface area contributed by atoms with Crippen LogP contribution >= 0.6 is 15.9 Å². The van der Waals surface area contributed by atoms with Gasteiger partial charge in [-0.15, -0.1) is 0 Å². The van der Waals surface area contributed by atoms with Crippen LogP contribution in [0.4, 0.5) is 10.6 Å². The number of alkyl carbamates (subject to hydrolysis) is 1. The standard InChI is InChI=1S/C14H20BrN3O2/c1-14(2,3)20-13(19)17-11-8-18(9-11)12-5-4-10(6-15)7-16-12/h4-5,7,11H,6,8-9H2,1-3H3,(H,17,19). The Morgan fingerprint density at radius 1 is 1.50 bits per heavy atom. The first-order valence-electron chi connectivity index (χ1n) is 6.63. The molecule has 0 unspecified atom stereocenters. The van der Waals surface area contributed by atoms with E-state index in [1.165, 1.54) is 0 Å². The van der Waals surface area contributed by atoms with E-state index in [4.69, 9.17) is 4.74 Å². The van der Waals surface area contributed by atoms with Crippen LogP contribution in [0.3, 0.4) is 0 Å². The van der Waals surface area contributed by atoms with Crippen LogP contribution in [0.5, 0.6) is 0 Å². The minimum Gasteiger partial charge on any atom is -0.444 e. The van der Waals surface area contributed by atoms with E-state index in [0.29, 0.717) is 0 Å². The Labute approximate surface area is 127 Å². The van der Waals surface area contributed by atoms with Gasteiger partial charge in [-0.2, -0.15) is 0 Å². The maximum absolute atomic E-state index is 11.6. The number of hydrogen-bond donors (Lipinski definition) is 1. The number of alkyl halides is 1. The normalized spacial score (nSPS) is 15.7. The van der Waals surface area contributed by atoms with E-state index in [9.17, 15) is 4.79 Å². The van der Waals surface area contributed by atoms with Gasteiger partial charge in [-0.1, -0.05) is 22.0 Å². The predicted octanol–water partition coefficient (Wildman–Crippen LogP) is 2.69. The molecule has 110 valence electrons. The van der Waals surface area contributed by atoms with Crippen molar-refractivity contribution in [1.82, 2.24) is 10.3 Å². The van der Waals surface area contributed by atoms with Crippen molar-refractivity contribution in [2.45, 2.75) is 37.7 Å². The molecule has 1 fully saturated rings. The zero-order chi connectivity index (χ0) is 14.8. The number of halogens is 1. The van der Waals surface area contributed by atoms with Crippen molar-refractivity contribution in [3.8, 4) is 0 Å². The van der Waals surface area contributed by atoms with E-state index < -0.39 is 5.60 Å². The molecule has 20 heavy (non-hydrogen) atoms. The molecular formula is C14H20BrN3O2. The topological polar surface area (TPSA) is 54.5 Å². The second-order valence-corrected chi connectivity index (χ2v) is 6.47. The molecule has 2 rings (SSSR count). The van der Waals surface area contributed by atoms with Gasteiger partial charge in [0.05, 0.1) is 6.04 Å². The molecule has 0 spiro atoms. The molecule has 5 nitrogen and oxygen atoms in total. The van der Waals surface area contributed by atoms with Crippen molar-refractivity contribution in [1.29, 1.82) is 0 Å². The number of amides is 1. The average Bonchev–Trinajstić information content (AvgIpc) is 2.31. The van der Waals surface area contributed by atoms with Crippen LogP contribution in [0, 0.1) is 0 Å². The second-order valence-electron chi connectivity index (χ2n) is 5.91. The fraction of sp³-hybridized carbons (Fsp3) is 0.571. The zero-order valence-electron chi connectivity index (χ0n) is 12.0. The summed E-state index contributed by atoms with van der Waals surface area (Å²) in [4.78, 5) is 18.1. The summed E-state index contributed by atoms with van der Waals surface area (Å²) in [6.07, 6.45) is 1.50. The minimum atomic E-state index is -0.458. The lowest BCUT2D eigenvalue weighted by Crippen LogP contribution is -2.60. The summed E-state index contributed by atoms with van der Waals surface area (Å²) in [6.45, 7) is 7.10. The molecule has 6 heteroatoms. The Hall–Kier alpha value is -1.30. The fourth-order valence-electron chi connectivity index (χ4n) is 1.91. The lowest BCUT2D eigenvalue weighted by Gasteiger charge is -2.40. The molecule has 0 aromatic carbocycles. The van der Waals surface area contributed by atoms with Gasteiger partial charge in [-0.3, -0.25) is 0 Å². The number of carbonyl (C=O) groups is 1. The van der Waals surface area contributed by atoms with Gasteiger partial charge in [0.25, 0.3) is 0 Å². The number of nitrogens with one attached hydrogen (secondary N) is 1. The van der Waals surface area contributed by atoms with Gasteiger partial charge in [0.1, 0.15) is 11.4 Å². The van der Waals surface area contributed by atoms with Crippen LogP contribution in [0.2, 0.25) is 0 Å². The Morgan fingerprint density at radius 3 is 2.70 bits per heavy atom. The number of nitrogens with zero attached hydrogens (tertiary/aromatic N) is 2. The molecule has 2 heterocycles. The molecule has 1 aromatic rings. The largest absolute Gasteiger partial charge is 0.444 e. The van der Waals surface area contributed by atoms with Crippen LogP contribution in [0.15, 0.2) is 18.3 Å². The smallest absolute Gasteiger partial charge is 0.407 e. The van der Waals surface area contributed by atoms with Crippen LogP contribution in [0.25, 0.3) is 0 Å². The number of hydrogen-bond acceptors (Lipinski definition) is 4. The second kappa shape index (κ2) is 5.99. The van der Waals surface area contributed by atoms with Crippen LogP contribution in [-0.4, -0.2) is 35.8 Å². The first-order valence-corrected chi connectivity index (χ1v) is 7.75. The van der Waals surface area contributed by atoms with Gasteiger partial charge < -0.3 is 15.0 Å². The zero-order valence-corrected chi connectivity index (χ0v) is 13.6. The highest BCUT2D eigenvalue weighted by Crippen LogP contribution is 2.19. The highest BCUT2D eigenvalue weighted by molar-refractivity contribution is 9.08. The van der Waals surface area contributed by atoms with E-state index in [-0.39, 0.29) is 12.1 Å². The van der Waals surface area contributed by atoms with Crippen LogP contribution in [-0.2, 0) is 10.1 Å². The summed E-state index contributed by atoms with van der Waals surface area (Å²) < 4.78 is 5.23. The van der Waals surface area contributed by atoms with Gasteiger partial charge >= 0.3 is 6.09 Å². The maximum Gasteiger partial charge on any atom is 0.407 e. The van der Waals surface area contributed by atoms with E-state index in [2.05, 4.69) is 31.1 Å². The molecule has 1 aliphatic rings. The summed E-state index contributed by atoms with van der Waals surface area (Å²) in [5.41, 5.74) is 0.693. The highest BCUT2D eigenvalue weighted by Gasteiger charge is 2.30. The average molecular weight is 342 g/mol. The Balaban J connectivity index is 1.78. The van der Waals surface area contributed by atoms with Crippen molar-refractivity contribution in [3.05, 3.63) is 23.9 Å². The molecule has 1 N–H and O–H groups in total. The molecule has 0 radical (unpaired) electrons. The van der Waals surface area contributed by atoms with E-state index in [0.717, 1.165) is 29.8 Å². The van der Waals surface area contributed by atoms with Gasteiger partial charge in [-0.25, -0.2) is 9.78 Å². The maximum atomic E-state index is 11.6. The Bertz CT molecular complexity index is 464. The number of anilines is 1. The molecule has 1 aliphatic heterocycles. The molecular weight excluding hydrogens is 322 g/mol. The number of aromatic nitrogens is 1. The third-order valence-corrected chi connectivity index (χ3v) is 3.54. The third kappa shape index (κ3) is 4.10. The highest BCUT2D eigenvalue weighted by atomic mass is 79.9. The quantitative estimate of drug-likeness (QED) is 0.858. The summed E-state index contributed by atoms with van der Waals surface area (Å²) >= 11 is 3.40. The first-order chi connectivity index (χ1) is 9.37. The number of ether oxygens (including phenoxy) is 1. The Morgan fingerprint density at radius 2 is 2.20 bits per heavy atom. The summed E-state index contributed by atoms with van der Waals surface area (Å²) in [5, 5.41) is 3.67. The van der Waals surface area contributed by atoms with E-state index in [1.807, 2.05) is 39.1 Å². The summed E-state index contributed by atoms with van der Waals surface area (Å²) in [5.74, 6) is 0.942.